The predicted molar refractivity (Wildman–Crippen MR) is 87.3 cm³/mol. The van der Waals surface area contributed by atoms with Gasteiger partial charge in [0.1, 0.15) is 17.3 Å². The number of nitrogens with zero attached hydrogens (tertiary/aromatic N) is 2. The lowest BCUT2D eigenvalue weighted by Gasteiger charge is -2.24. The number of hydrogen-bond donors (Lipinski definition) is 0. The Morgan fingerprint density at radius 2 is 2.00 bits per heavy atom. The highest BCUT2D eigenvalue weighted by Crippen LogP contribution is 2.10. The Balaban J connectivity index is 1.91. The Bertz CT molecular complexity index is 654. The topological polar surface area (TPSA) is 36.7 Å². The fourth-order valence-corrected chi connectivity index (χ4v) is 2.45. The maximum Gasteiger partial charge on any atom is 0.237 e. The van der Waals surface area contributed by atoms with E-state index in [1.807, 2.05) is 44.0 Å². The van der Waals surface area contributed by atoms with Crippen LogP contribution in [0.5, 0.6) is 0 Å². The molecule has 0 saturated carbocycles. The van der Waals surface area contributed by atoms with Crippen molar-refractivity contribution in [3.8, 4) is 0 Å². The van der Waals surface area contributed by atoms with Crippen LogP contribution in [0.2, 0.25) is 0 Å². The highest BCUT2D eigenvalue weighted by atomic mass is 19.1. The third-order valence-electron chi connectivity index (χ3n) is 3.62. The van der Waals surface area contributed by atoms with Gasteiger partial charge in [-0.1, -0.05) is 12.1 Å². The van der Waals surface area contributed by atoms with Crippen molar-refractivity contribution >= 4 is 5.91 Å². The number of amides is 1. The molecule has 0 bridgehead atoms. The predicted octanol–water partition coefficient (Wildman–Crippen LogP) is 3.21. The molecule has 0 aliphatic heterocycles. The third-order valence-corrected chi connectivity index (χ3v) is 3.62. The lowest BCUT2D eigenvalue weighted by atomic mass is 10.2. The monoisotopic (exact) mass is 318 g/mol. The molecule has 0 unspecified atom stereocenters. The number of carbonyl (C=O) groups excluding carboxylic acids is 1. The Morgan fingerprint density at radius 3 is 2.61 bits per heavy atom. The largest absolute Gasteiger partial charge is 0.465 e. The van der Waals surface area contributed by atoms with Gasteiger partial charge < -0.3 is 9.32 Å². The molecule has 1 aromatic carbocycles. The molecule has 0 N–H and O–H groups in total. The fourth-order valence-electron chi connectivity index (χ4n) is 2.45. The van der Waals surface area contributed by atoms with Gasteiger partial charge in [0.15, 0.2) is 0 Å². The SMILES string of the molecule is CCN(Cc1cccc(F)c1)C(=O)CN(C)Cc1ccc(C)o1. The average Bonchev–Trinajstić information content (AvgIpc) is 2.89. The number of carbonyl (C=O) groups is 1. The maximum atomic E-state index is 13.3. The van der Waals surface area contributed by atoms with E-state index in [1.165, 1.54) is 12.1 Å². The van der Waals surface area contributed by atoms with E-state index in [0.717, 1.165) is 17.1 Å². The van der Waals surface area contributed by atoms with Crippen molar-refractivity contribution in [3.05, 3.63) is 59.3 Å². The minimum absolute atomic E-state index is 0.0162. The van der Waals surface area contributed by atoms with Gasteiger partial charge in [0.2, 0.25) is 5.91 Å². The summed E-state index contributed by atoms with van der Waals surface area (Å²) in [4.78, 5) is 16.1. The van der Waals surface area contributed by atoms with Crippen molar-refractivity contribution in [3.63, 3.8) is 0 Å². The first-order chi connectivity index (χ1) is 11.0. The van der Waals surface area contributed by atoms with E-state index in [0.29, 0.717) is 26.2 Å². The molecule has 0 fully saturated rings. The van der Waals surface area contributed by atoms with Gasteiger partial charge in [-0.2, -0.15) is 0 Å². The minimum Gasteiger partial charge on any atom is -0.465 e. The van der Waals surface area contributed by atoms with E-state index in [-0.39, 0.29) is 11.7 Å². The van der Waals surface area contributed by atoms with E-state index >= 15 is 0 Å². The zero-order valence-corrected chi connectivity index (χ0v) is 13.9. The van der Waals surface area contributed by atoms with Crippen molar-refractivity contribution in [2.24, 2.45) is 0 Å². The van der Waals surface area contributed by atoms with Crippen LogP contribution in [0.25, 0.3) is 0 Å². The maximum absolute atomic E-state index is 13.3. The zero-order chi connectivity index (χ0) is 16.8. The molecule has 0 radical (unpaired) electrons. The Morgan fingerprint density at radius 1 is 1.22 bits per heavy atom. The molecular formula is C18H23FN2O2. The third kappa shape index (κ3) is 5.21. The minimum atomic E-state index is -0.281. The molecule has 2 rings (SSSR count). The van der Waals surface area contributed by atoms with Crippen LogP contribution < -0.4 is 0 Å². The summed E-state index contributed by atoms with van der Waals surface area (Å²) in [6.45, 7) is 5.70. The second-order valence-electron chi connectivity index (χ2n) is 5.72. The normalized spacial score (nSPS) is 11.0. The number of rotatable bonds is 7. The van der Waals surface area contributed by atoms with Crippen molar-refractivity contribution in [1.82, 2.24) is 9.80 Å². The van der Waals surface area contributed by atoms with Gasteiger partial charge in [0, 0.05) is 13.1 Å². The van der Waals surface area contributed by atoms with Crippen LogP contribution in [-0.2, 0) is 17.9 Å². The first kappa shape index (κ1) is 17.2. The molecule has 0 atom stereocenters. The van der Waals surface area contributed by atoms with Crippen LogP contribution in [0.3, 0.4) is 0 Å². The van der Waals surface area contributed by atoms with Crippen LogP contribution in [0.1, 0.15) is 24.0 Å². The standard InChI is InChI=1S/C18H23FN2O2/c1-4-21(11-15-6-5-7-16(19)10-15)18(22)13-20(3)12-17-9-8-14(2)23-17/h5-10H,4,11-13H2,1-3H3. The molecule has 0 saturated heterocycles. The smallest absolute Gasteiger partial charge is 0.237 e. The second kappa shape index (κ2) is 7.92. The summed E-state index contributed by atoms with van der Waals surface area (Å²) in [5, 5.41) is 0. The molecule has 0 aliphatic carbocycles. The molecule has 0 aliphatic rings. The van der Waals surface area contributed by atoms with Gasteiger partial charge in [0.05, 0.1) is 13.1 Å². The molecule has 1 heterocycles. The number of hydrogen-bond acceptors (Lipinski definition) is 3. The van der Waals surface area contributed by atoms with Crippen molar-refractivity contribution in [2.75, 3.05) is 20.1 Å². The van der Waals surface area contributed by atoms with Crippen LogP contribution >= 0.6 is 0 Å². The Hall–Kier alpha value is -2.14. The summed E-state index contributed by atoms with van der Waals surface area (Å²) >= 11 is 0. The van der Waals surface area contributed by atoms with E-state index < -0.39 is 0 Å². The van der Waals surface area contributed by atoms with Gasteiger partial charge in [-0.05, 0) is 50.7 Å². The number of aryl methyl sites for hydroxylation is 1. The summed E-state index contributed by atoms with van der Waals surface area (Å²) in [5.74, 6) is 1.44. The van der Waals surface area contributed by atoms with E-state index in [2.05, 4.69) is 0 Å². The van der Waals surface area contributed by atoms with Crippen LogP contribution in [0.15, 0.2) is 40.8 Å². The van der Waals surface area contributed by atoms with Gasteiger partial charge in [0.25, 0.3) is 0 Å². The number of halogens is 1. The molecule has 23 heavy (non-hydrogen) atoms. The van der Waals surface area contributed by atoms with Crippen molar-refractivity contribution < 1.29 is 13.6 Å². The first-order valence-corrected chi connectivity index (χ1v) is 7.74. The number of benzene rings is 1. The summed E-state index contributed by atoms with van der Waals surface area (Å²) < 4.78 is 18.8. The van der Waals surface area contributed by atoms with Gasteiger partial charge in [-0.3, -0.25) is 9.69 Å². The fraction of sp³-hybridized carbons (Fsp3) is 0.389. The molecule has 0 spiro atoms. The van der Waals surface area contributed by atoms with E-state index in [9.17, 15) is 9.18 Å². The summed E-state index contributed by atoms with van der Waals surface area (Å²) in [6.07, 6.45) is 0. The number of furan rings is 1. The van der Waals surface area contributed by atoms with Crippen LogP contribution in [0, 0.1) is 12.7 Å². The Labute approximate surface area is 136 Å². The molecule has 4 nitrogen and oxygen atoms in total. The van der Waals surface area contributed by atoms with Crippen LogP contribution in [-0.4, -0.2) is 35.8 Å². The molecule has 1 amide bonds. The van der Waals surface area contributed by atoms with E-state index in [4.69, 9.17) is 4.42 Å². The summed E-state index contributed by atoms with van der Waals surface area (Å²) in [7, 11) is 1.88. The lowest BCUT2D eigenvalue weighted by molar-refractivity contribution is -0.132. The van der Waals surface area contributed by atoms with Gasteiger partial charge in [-0.15, -0.1) is 0 Å². The van der Waals surface area contributed by atoms with Gasteiger partial charge in [-0.25, -0.2) is 4.39 Å². The summed E-state index contributed by atoms with van der Waals surface area (Å²) in [6, 6.07) is 10.2. The highest BCUT2D eigenvalue weighted by Gasteiger charge is 2.15. The van der Waals surface area contributed by atoms with E-state index in [1.54, 1.807) is 11.0 Å². The molecule has 5 heteroatoms. The van der Waals surface area contributed by atoms with Crippen molar-refractivity contribution in [2.45, 2.75) is 26.9 Å². The zero-order valence-electron chi connectivity index (χ0n) is 13.9. The number of likely N-dealkylation sites (N-methyl/N-ethyl adjacent to an activating group) is 2. The summed E-state index contributed by atoms with van der Waals surface area (Å²) in [5.41, 5.74) is 0.796. The van der Waals surface area contributed by atoms with Crippen LogP contribution in [0.4, 0.5) is 4.39 Å². The molecule has 124 valence electrons. The first-order valence-electron chi connectivity index (χ1n) is 7.74. The van der Waals surface area contributed by atoms with Crippen molar-refractivity contribution in [1.29, 1.82) is 0 Å². The Kier molecular flexibility index (Phi) is 5.93. The molecule has 2 aromatic rings. The lowest BCUT2D eigenvalue weighted by Crippen LogP contribution is -2.38. The second-order valence-corrected chi connectivity index (χ2v) is 5.72. The molecular weight excluding hydrogens is 295 g/mol. The highest BCUT2D eigenvalue weighted by molar-refractivity contribution is 5.78. The van der Waals surface area contributed by atoms with Gasteiger partial charge >= 0.3 is 0 Å². The quantitative estimate of drug-likeness (QED) is 0.786. The average molecular weight is 318 g/mol. The molecule has 1 aromatic heterocycles.